The number of carbonyl (C=O) groups excluding carboxylic acids is 8. The van der Waals surface area contributed by atoms with E-state index in [0.29, 0.717) is 28.1 Å². The van der Waals surface area contributed by atoms with Gasteiger partial charge < -0.3 is 62.8 Å². The minimum Gasteiger partial charge on any atom is -0.480 e. The van der Waals surface area contributed by atoms with Crippen molar-refractivity contribution >= 4 is 58.9 Å². The van der Waals surface area contributed by atoms with Gasteiger partial charge in [0.1, 0.15) is 48.6 Å². The number of aliphatic hydroxyl groups excluding tert-OH is 1. The number of benzene rings is 2. The first-order valence-electron chi connectivity index (χ1n) is 20.0. The lowest BCUT2D eigenvalue weighted by molar-refractivity contribution is -0.138. The van der Waals surface area contributed by atoms with Crippen LogP contribution >= 0.6 is 0 Å². The van der Waals surface area contributed by atoms with Crippen LogP contribution in [-0.4, -0.2) is 120 Å². The minimum atomic E-state index is -1.76. The van der Waals surface area contributed by atoms with E-state index in [2.05, 4.69) is 47.9 Å². The monoisotopic (exact) mass is 845 g/mol. The van der Waals surface area contributed by atoms with Crippen LogP contribution in [0.1, 0.15) is 67.9 Å². The molecule has 9 atom stereocenters. The maximum Gasteiger partial charge on any atom is 0.322 e. The number of para-hydroxylation sites is 1. The van der Waals surface area contributed by atoms with Crippen molar-refractivity contribution in [3.63, 3.8) is 0 Å². The molecule has 21 nitrogen and oxygen atoms in total. The van der Waals surface area contributed by atoms with Crippen LogP contribution in [0, 0.1) is 5.92 Å². The van der Waals surface area contributed by atoms with Crippen LogP contribution < -0.4 is 52.6 Å². The van der Waals surface area contributed by atoms with Gasteiger partial charge in [0.2, 0.25) is 47.3 Å². The van der Waals surface area contributed by atoms with Gasteiger partial charge in [-0.2, -0.15) is 0 Å². The van der Waals surface area contributed by atoms with E-state index < -0.39 is 115 Å². The fraction of sp³-hybridized carbons (Fsp3) is 0.475. The molecule has 2 aromatic carbocycles. The van der Waals surface area contributed by atoms with Gasteiger partial charge in [-0.25, -0.2) is 0 Å². The van der Waals surface area contributed by atoms with Crippen molar-refractivity contribution < 1.29 is 58.1 Å². The zero-order chi connectivity index (χ0) is 43.7. The van der Waals surface area contributed by atoms with Crippen molar-refractivity contribution in [2.24, 2.45) is 5.92 Å². The van der Waals surface area contributed by atoms with Crippen LogP contribution in [-0.2, 0) is 55.0 Å². The highest BCUT2D eigenvalue weighted by molar-refractivity contribution is 5.97. The molecule has 0 aromatic heterocycles. The second-order valence-electron chi connectivity index (χ2n) is 16.1. The van der Waals surface area contributed by atoms with Gasteiger partial charge in [-0.15, -0.1) is 0 Å². The average molecular weight is 846 g/mol. The fourth-order valence-electron chi connectivity index (χ4n) is 8.67. The second-order valence-corrected chi connectivity index (χ2v) is 16.1. The lowest BCUT2D eigenvalue weighted by Gasteiger charge is -2.34. The number of nitrogens with one attached hydrogen (secondary N) is 9. The summed E-state index contributed by atoms with van der Waals surface area (Å²) in [5.74, 6) is -7.20. The molecule has 1 fully saturated rings. The zero-order valence-electron chi connectivity index (χ0n) is 33.2. The number of fused-ring (bicyclic) bond motifs is 4. The molecule has 4 bridgehead atoms. The number of aliphatic carboxylic acids is 1. The molecule has 1 spiro atoms. The molecule has 0 radical (unpaired) electrons. The Labute approximate surface area is 348 Å². The van der Waals surface area contributed by atoms with Gasteiger partial charge in [-0.1, -0.05) is 25.1 Å². The highest BCUT2D eigenvalue weighted by Gasteiger charge is 2.58. The van der Waals surface area contributed by atoms with Crippen molar-refractivity contribution in [1.82, 2.24) is 42.5 Å². The average Bonchev–Trinajstić information content (AvgIpc) is 3.89. The third kappa shape index (κ3) is 8.63. The summed E-state index contributed by atoms with van der Waals surface area (Å²) >= 11 is 0. The molecular weight excluding hydrogens is 798 g/mol. The number of anilines is 1. The summed E-state index contributed by atoms with van der Waals surface area (Å²) in [4.78, 5) is 118. The predicted octanol–water partition coefficient (Wildman–Crippen LogP) is -3.19. The van der Waals surface area contributed by atoms with Gasteiger partial charge in [0, 0.05) is 17.7 Å². The molecule has 1 unspecified atom stereocenters. The van der Waals surface area contributed by atoms with E-state index >= 15 is 0 Å². The number of aliphatic hydroxyl groups is 1. The van der Waals surface area contributed by atoms with E-state index in [-0.39, 0.29) is 49.5 Å². The Bertz CT molecular complexity index is 2200. The minimum absolute atomic E-state index is 0.0476. The molecule has 324 valence electrons. The van der Waals surface area contributed by atoms with E-state index in [1.165, 1.54) is 6.92 Å². The topological polar surface area (TPSA) is 312 Å². The molecule has 1 saturated heterocycles. The number of ether oxygens (including phenoxy) is 1. The first-order chi connectivity index (χ1) is 29.0. The summed E-state index contributed by atoms with van der Waals surface area (Å²) in [5, 5.41) is 44.7. The molecule has 61 heavy (non-hydrogen) atoms. The number of hydrogen-bond acceptors (Lipinski definition) is 12. The third-order valence-corrected chi connectivity index (χ3v) is 11.6. The van der Waals surface area contributed by atoms with Crippen LogP contribution in [0.5, 0.6) is 5.75 Å². The third-order valence-electron chi connectivity index (χ3n) is 11.6. The first kappa shape index (κ1) is 42.4. The predicted molar refractivity (Wildman–Crippen MR) is 210 cm³/mol. The van der Waals surface area contributed by atoms with Crippen LogP contribution in [0.4, 0.5) is 5.69 Å². The van der Waals surface area contributed by atoms with Gasteiger partial charge in [0.05, 0.1) is 18.5 Å². The summed E-state index contributed by atoms with van der Waals surface area (Å²) < 4.78 is 6.74. The zero-order valence-corrected chi connectivity index (χ0v) is 33.2. The molecule has 2 aromatic rings. The number of carbonyl (C=O) groups is 9. The van der Waals surface area contributed by atoms with E-state index in [1.54, 1.807) is 30.3 Å². The molecule has 0 aliphatic carbocycles. The highest BCUT2D eigenvalue weighted by Crippen LogP contribution is 2.57. The molecule has 21 heteroatoms. The maximum absolute atomic E-state index is 14.1. The van der Waals surface area contributed by atoms with Crippen molar-refractivity contribution in [2.45, 2.75) is 93.9 Å². The number of amides is 8. The smallest absolute Gasteiger partial charge is 0.322 e. The van der Waals surface area contributed by atoms with E-state index in [4.69, 9.17) is 9.84 Å². The van der Waals surface area contributed by atoms with Gasteiger partial charge in [0.25, 0.3) is 0 Å². The van der Waals surface area contributed by atoms with Crippen LogP contribution in [0.15, 0.2) is 36.4 Å². The lowest BCUT2D eigenvalue weighted by Crippen LogP contribution is -2.59. The van der Waals surface area contributed by atoms with Crippen LogP contribution in [0.3, 0.4) is 0 Å². The van der Waals surface area contributed by atoms with Crippen molar-refractivity contribution in [3.8, 4) is 5.75 Å². The molecule has 8 amide bonds. The fourth-order valence-corrected chi connectivity index (χ4v) is 8.67. The van der Waals surface area contributed by atoms with E-state index in [9.17, 15) is 48.3 Å². The molecule has 5 heterocycles. The van der Waals surface area contributed by atoms with Gasteiger partial charge >= 0.3 is 5.97 Å². The van der Waals surface area contributed by atoms with Crippen molar-refractivity contribution in [2.75, 3.05) is 25.0 Å². The van der Waals surface area contributed by atoms with Crippen molar-refractivity contribution in [1.29, 1.82) is 0 Å². The molecular formula is C40H47N9O12. The Kier molecular flexibility index (Phi) is 11.9. The first-order valence-corrected chi connectivity index (χ1v) is 20.0. The molecule has 7 rings (SSSR count). The van der Waals surface area contributed by atoms with Crippen LogP contribution in [0.2, 0.25) is 0 Å². The van der Waals surface area contributed by atoms with Crippen LogP contribution in [0.25, 0.3) is 0 Å². The van der Waals surface area contributed by atoms with E-state index in [1.807, 2.05) is 13.0 Å². The summed E-state index contributed by atoms with van der Waals surface area (Å²) in [6, 6.07) is 3.92. The Morgan fingerprint density at radius 2 is 1.61 bits per heavy atom. The van der Waals surface area contributed by atoms with Gasteiger partial charge in [-0.3, -0.25) is 43.2 Å². The number of carboxylic acids is 1. The highest BCUT2D eigenvalue weighted by atomic mass is 16.5. The Morgan fingerprint density at radius 3 is 2.34 bits per heavy atom. The summed E-state index contributed by atoms with van der Waals surface area (Å²) in [6.45, 7) is 1.17. The maximum atomic E-state index is 14.1. The Balaban J connectivity index is 1.34. The number of rotatable bonds is 7. The largest absolute Gasteiger partial charge is 0.480 e. The Morgan fingerprint density at radius 1 is 0.836 bits per heavy atom. The quantitative estimate of drug-likeness (QED) is 0.131. The molecule has 0 saturated carbocycles. The SMILES string of the molecule is C[C@H]1Cc2cc3cc4c2O[C@H]2Nc5ccccc5[C@@]42C[C@@H](C(=O)NCC(=O)NCC(=O)O)NC(=O)[C@H](C)NC(=O)CNC(=O)[C@@H](NC(=O)[C@@H](NC(=O)C2CCC(=O)N2)C1)[C@@H]3O. The molecule has 5 aliphatic rings. The molecule has 11 N–H and O–H groups in total. The summed E-state index contributed by atoms with van der Waals surface area (Å²) in [6.07, 6.45) is -2.25. The Hall–Kier alpha value is -6.77. The standard InChI is InChI=1S/C40H47N9O12/c1-17-9-20-11-19-12-22-33(20)61-39-40(22,21-5-3-4-6-23(21)48-39)13-26(35(57)42-14-28(51)41-16-30(53)54)47-34(56)18(2)44-29(52)15-43-38(60)31(32(19)55)49-37(59)25(10-17)46-36(58)24-7-8-27(50)45-24/h3-6,11-12,17-18,24-26,31-32,39,48,55H,7-10,13-16H2,1-2H3,(H,41,51)(H,42,57)(H,43,60)(H,44,52)(H,45,50)(H,46,58)(H,47,56)(H,49,59)(H,53,54)/t17-,18-,24?,25-,26-,31-,32+,39+,40-/m0/s1. The lowest BCUT2D eigenvalue weighted by atomic mass is 9.70. The van der Waals surface area contributed by atoms with Gasteiger partial charge in [-0.05, 0) is 73.4 Å². The molecule has 5 aliphatic heterocycles. The number of hydrogen-bond donors (Lipinski definition) is 11. The van der Waals surface area contributed by atoms with E-state index in [0.717, 1.165) is 0 Å². The number of carboxylic acid groups (broad SMARTS) is 1. The second kappa shape index (κ2) is 17.1. The normalized spacial score (nSPS) is 29.5. The van der Waals surface area contributed by atoms with Gasteiger partial charge in [0.15, 0.2) is 6.23 Å². The van der Waals surface area contributed by atoms with Crippen molar-refractivity contribution in [3.05, 3.63) is 58.7 Å². The summed E-state index contributed by atoms with van der Waals surface area (Å²) in [5.41, 5.74) is 1.16. The summed E-state index contributed by atoms with van der Waals surface area (Å²) in [7, 11) is 0.